The van der Waals surface area contributed by atoms with Crippen molar-refractivity contribution < 1.29 is 10.2 Å². The molecule has 0 fully saturated rings. The Morgan fingerprint density at radius 2 is 1.20 bits per heavy atom. The topological polar surface area (TPSA) is 40.5 Å². The van der Waals surface area contributed by atoms with E-state index in [-0.39, 0.29) is 13.2 Å². The molecule has 0 aliphatic heterocycles. The molecule has 0 heterocycles. The second-order valence-electron chi connectivity index (χ2n) is 1.76. The van der Waals surface area contributed by atoms with E-state index >= 15 is 0 Å². The van der Waals surface area contributed by atoms with Crippen molar-refractivity contribution >= 4 is 31.9 Å². The Bertz CT molecular complexity index is 109. The van der Waals surface area contributed by atoms with Gasteiger partial charge < -0.3 is 10.2 Å². The third-order valence-electron chi connectivity index (χ3n) is 0.957. The minimum absolute atomic E-state index is 0.126. The van der Waals surface area contributed by atoms with E-state index in [9.17, 15) is 0 Å². The van der Waals surface area contributed by atoms with Crippen LogP contribution in [0.5, 0.6) is 0 Å². The van der Waals surface area contributed by atoms with E-state index in [1.807, 2.05) is 0 Å². The Labute approximate surface area is 77.2 Å². The first kappa shape index (κ1) is 10.6. The average Bonchev–Trinajstić information content (AvgIpc) is 1.89. The molecule has 0 saturated carbocycles. The molecular weight excluding hydrogens is 264 g/mol. The zero-order chi connectivity index (χ0) is 7.98. The summed E-state index contributed by atoms with van der Waals surface area (Å²) in [5.74, 6) is 0. The van der Waals surface area contributed by atoms with Gasteiger partial charge in [-0.15, -0.1) is 0 Å². The Morgan fingerprint density at radius 1 is 0.900 bits per heavy atom. The van der Waals surface area contributed by atoms with Crippen LogP contribution in [-0.2, 0) is 0 Å². The van der Waals surface area contributed by atoms with Gasteiger partial charge in [-0.1, -0.05) is 31.9 Å². The summed E-state index contributed by atoms with van der Waals surface area (Å²) in [4.78, 5) is 0. The van der Waals surface area contributed by atoms with Crippen molar-refractivity contribution in [2.45, 2.75) is 12.8 Å². The van der Waals surface area contributed by atoms with E-state index in [2.05, 4.69) is 31.9 Å². The third kappa shape index (κ3) is 4.44. The van der Waals surface area contributed by atoms with Crippen LogP contribution in [0, 0.1) is 0 Å². The van der Waals surface area contributed by atoms with Gasteiger partial charge in [-0.25, -0.2) is 0 Å². The summed E-state index contributed by atoms with van der Waals surface area (Å²) in [7, 11) is 0. The molecule has 0 aromatic carbocycles. The Hall–Kier alpha value is 0.620. The average molecular weight is 274 g/mol. The standard InChI is InChI=1S/C6H10Br2O2/c7-5(1-3-9)6(8)2-4-10/h9-10H,1-4H2/b6-5+. The van der Waals surface area contributed by atoms with Crippen molar-refractivity contribution in [3.63, 3.8) is 0 Å². The molecular formula is C6H10Br2O2. The molecule has 0 radical (unpaired) electrons. The molecule has 60 valence electrons. The van der Waals surface area contributed by atoms with Gasteiger partial charge in [-0.2, -0.15) is 0 Å². The molecule has 0 atom stereocenters. The maximum absolute atomic E-state index is 8.51. The van der Waals surface area contributed by atoms with Crippen LogP contribution in [0.4, 0.5) is 0 Å². The first-order valence-corrected chi connectivity index (χ1v) is 4.55. The molecule has 4 heteroatoms. The summed E-state index contributed by atoms with van der Waals surface area (Å²) in [6, 6.07) is 0. The van der Waals surface area contributed by atoms with Gasteiger partial charge in [0.05, 0.1) is 0 Å². The summed E-state index contributed by atoms with van der Waals surface area (Å²) < 4.78 is 1.84. The monoisotopic (exact) mass is 272 g/mol. The molecule has 10 heavy (non-hydrogen) atoms. The zero-order valence-corrected chi connectivity index (χ0v) is 8.65. The molecule has 0 saturated heterocycles. The molecule has 2 N–H and O–H groups in total. The molecule has 0 amide bonds. The van der Waals surface area contributed by atoms with E-state index in [0.717, 1.165) is 8.96 Å². The van der Waals surface area contributed by atoms with E-state index in [4.69, 9.17) is 10.2 Å². The first-order valence-electron chi connectivity index (χ1n) is 2.97. The second-order valence-corrected chi connectivity index (χ2v) is 3.67. The van der Waals surface area contributed by atoms with Crippen LogP contribution < -0.4 is 0 Å². The predicted molar refractivity (Wildman–Crippen MR) is 48.3 cm³/mol. The molecule has 0 rings (SSSR count). The lowest BCUT2D eigenvalue weighted by atomic mass is 10.3. The quantitative estimate of drug-likeness (QED) is 0.820. The summed E-state index contributed by atoms with van der Waals surface area (Å²) in [6.07, 6.45) is 1.20. The second kappa shape index (κ2) is 6.34. The van der Waals surface area contributed by atoms with Crippen LogP contribution in [0.25, 0.3) is 0 Å². The predicted octanol–water partition coefficient (Wildman–Crippen LogP) is 1.75. The van der Waals surface area contributed by atoms with E-state index in [1.165, 1.54) is 0 Å². The third-order valence-corrected chi connectivity index (χ3v) is 3.24. The lowest BCUT2D eigenvalue weighted by molar-refractivity contribution is 0.297. The molecule has 0 bridgehead atoms. The Morgan fingerprint density at radius 3 is 1.40 bits per heavy atom. The highest BCUT2D eigenvalue weighted by molar-refractivity contribution is 9.14. The number of halogens is 2. The van der Waals surface area contributed by atoms with E-state index in [0.29, 0.717) is 12.8 Å². The molecule has 0 unspecified atom stereocenters. The van der Waals surface area contributed by atoms with Gasteiger partial charge in [0.25, 0.3) is 0 Å². The van der Waals surface area contributed by atoms with Gasteiger partial charge in [0, 0.05) is 35.0 Å². The van der Waals surface area contributed by atoms with Gasteiger partial charge in [0.2, 0.25) is 0 Å². The highest BCUT2D eigenvalue weighted by Crippen LogP contribution is 2.23. The number of aliphatic hydroxyl groups is 2. The van der Waals surface area contributed by atoms with Crippen molar-refractivity contribution in [3.8, 4) is 0 Å². The number of hydrogen-bond donors (Lipinski definition) is 2. The van der Waals surface area contributed by atoms with Gasteiger partial charge in [-0.3, -0.25) is 0 Å². The minimum Gasteiger partial charge on any atom is -0.396 e. The van der Waals surface area contributed by atoms with Crippen molar-refractivity contribution in [2.75, 3.05) is 13.2 Å². The first-order chi connectivity index (χ1) is 4.72. The van der Waals surface area contributed by atoms with Gasteiger partial charge in [-0.05, 0) is 0 Å². The SMILES string of the molecule is OCC/C(Br)=C(\Br)CCO. The molecule has 2 nitrogen and oxygen atoms in total. The fourth-order valence-corrected chi connectivity index (χ4v) is 1.22. The van der Waals surface area contributed by atoms with Crippen LogP contribution in [0.1, 0.15) is 12.8 Å². The normalized spacial score (nSPS) is 13.2. The number of hydrogen-bond acceptors (Lipinski definition) is 2. The Balaban J connectivity index is 3.79. The smallest absolute Gasteiger partial charge is 0.0476 e. The Kier molecular flexibility index (Phi) is 6.73. The maximum atomic E-state index is 8.51. The van der Waals surface area contributed by atoms with Gasteiger partial charge in [0.1, 0.15) is 0 Å². The molecule has 0 aliphatic rings. The molecule has 0 spiro atoms. The van der Waals surface area contributed by atoms with Crippen LogP contribution in [0.2, 0.25) is 0 Å². The fraction of sp³-hybridized carbons (Fsp3) is 0.667. The summed E-state index contributed by atoms with van der Waals surface area (Å²) in [5, 5.41) is 17.0. The van der Waals surface area contributed by atoms with Crippen LogP contribution in [0.15, 0.2) is 8.96 Å². The molecule has 0 aromatic heterocycles. The fourth-order valence-electron chi connectivity index (χ4n) is 0.468. The van der Waals surface area contributed by atoms with Crippen LogP contribution >= 0.6 is 31.9 Å². The lowest BCUT2D eigenvalue weighted by Gasteiger charge is -1.99. The van der Waals surface area contributed by atoms with Crippen molar-refractivity contribution in [1.29, 1.82) is 0 Å². The van der Waals surface area contributed by atoms with Gasteiger partial charge >= 0.3 is 0 Å². The highest BCUT2D eigenvalue weighted by atomic mass is 79.9. The highest BCUT2D eigenvalue weighted by Gasteiger charge is 1.98. The van der Waals surface area contributed by atoms with Crippen molar-refractivity contribution in [3.05, 3.63) is 8.96 Å². The molecule has 0 aliphatic carbocycles. The largest absolute Gasteiger partial charge is 0.396 e. The summed E-state index contributed by atoms with van der Waals surface area (Å²) in [5.41, 5.74) is 0. The number of rotatable bonds is 4. The molecule has 0 aromatic rings. The summed E-state index contributed by atoms with van der Waals surface area (Å²) in [6.45, 7) is 0.252. The van der Waals surface area contributed by atoms with Gasteiger partial charge in [0.15, 0.2) is 0 Å². The maximum Gasteiger partial charge on any atom is 0.0476 e. The van der Waals surface area contributed by atoms with E-state index < -0.39 is 0 Å². The van der Waals surface area contributed by atoms with E-state index in [1.54, 1.807) is 0 Å². The minimum atomic E-state index is 0.126. The summed E-state index contributed by atoms with van der Waals surface area (Å²) >= 11 is 6.53. The van der Waals surface area contributed by atoms with Crippen molar-refractivity contribution in [2.24, 2.45) is 0 Å². The zero-order valence-electron chi connectivity index (χ0n) is 5.48. The van der Waals surface area contributed by atoms with Crippen LogP contribution in [0.3, 0.4) is 0 Å². The van der Waals surface area contributed by atoms with Crippen LogP contribution in [-0.4, -0.2) is 23.4 Å². The number of aliphatic hydroxyl groups excluding tert-OH is 2. The lowest BCUT2D eigenvalue weighted by Crippen LogP contribution is -1.87. The van der Waals surface area contributed by atoms with Crippen molar-refractivity contribution in [1.82, 2.24) is 0 Å².